The maximum Gasteiger partial charge on any atom is 0.322 e. The van der Waals surface area contributed by atoms with Crippen LogP contribution >= 0.6 is 0 Å². The molecule has 0 spiro atoms. The molecule has 4 aromatic rings. The average Bonchev–Trinajstić information content (AvgIpc) is 2.85. The first-order valence-corrected chi connectivity index (χ1v) is 10.6. The number of carbonyl (C=O) groups excluding carboxylic acids is 1. The van der Waals surface area contributed by atoms with E-state index in [1.54, 1.807) is 32.4 Å². The topological polar surface area (TPSA) is 83.7 Å². The predicted octanol–water partition coefficient (Wildman–Crippen LogP) is 4.92. The highest BCUT2D eigenvalue weighted by Gasteiger charge is 2.17. The highest BCUT2D eigenvalue weighted by Crippen LogP contribution is 2.20. The van der Waals surface area contributed by atoms with E-state index < -0.39 is 11.8 Å². The summed E-state index contributed by atoms with van der Waals surface area (Å²) in [4.78, 5) is 30.3. The number of H-pyrrole nitrogens is 1. The Balaban J connectivity index is 1.63. The molecule has 8 heteroatoms. The summed E-state index contributed by atoms with van der Waals surface area (Å²) in [6.45, 7) is 0.313. The Bertz CT molecular complexity index is 1350. The van der Waals surface area contributed by atoms with Gasteiger partial charge in [0.2, 0.25) is 0 Å². The number of anilines is 1. The van der Waals surface area contributed by atoms with Crippen molar-refractivity contribution in [2.24, 2.45) is 0 Å². The van der Waals surface area contributed by atoms with Crippen LogP contribution in [0.25, 0.3) is 10.9 Å². The lowest BCUT2D eigenvalue weighted by Crippen LogP contribution is -2.35. The molecule has 0 radical (unpaired) electrons. The number of amides is 2. The molecule has 2 amide bonds. The lowest BCUT2D eigenvalue weighted by Gasteiger charge is -2.23. The van der Waals surface area contributed by atoms with Crippen LogP contribution in [0.4, 0.5) is 14.9 Å². The minimum absolute atomic E-state index is 0.0658. The van der Waals surface area contributed by atoms with E-state index >= 15 is 0 Å². The van der Waals surface area contributed by atoms with Crippen LogP contribution in [0.2, 0.25) is 0 Å². The fourth-order valence-electron chi connectivity index (χ4n) is 3.56. The van der Waals surface area contributed by atoms with Crippen molar-refractivity contribution in [3.05, 3.63) is 100 Å². The lowest BCUT2D eigenvalue weighted by atomic mass is 10.1. The molecule has 3 aromatic carbocycles. The first-order chi connectivity index (χ1) is 16.4. The zero-order valence-electron chi connectivity index (χ0n) is 18.8. The Morgan fingerprint density at radius 3 is 2.26 bits per heavy atom. The Morgan fingerprint density at radius 2 is 1.59 bits per heavy atom. The molecule has 0 saturated heterocycles. The third-order valence-electron chi connectivity index (χ3n) is 5.41. The second-order valence-electron chi connectivity index (χ2n) is 7.72. The molecule has 1 heterocycles. The van der Waals surface area contributed by atoms with Gasteiger partial charge in [-0.25, -0.2) is 9.18 Å². The van der Waals surface area contributed by atoms with E-state index in [1.165, 1.54) is 29.2 Å². The molecule has 0 saturated carbocycles. The van der Waals surface area contributed by atoms with Crippen molar-refractivity contribution < 1.29 is 18.7 Å². The maximum atomic E-state index is 13.3. The third kappa shape index (κ3) is 5.35. The van der Waals surface area contributed by atoms with Crippen LogP contribution in [-0.2, 0) is 13.1 Å². The number of fused-ring (bicyclic) bond motifs is 1. The second-order valence-corrected chi connectivity index (χ2v) is 7.72. The molecule has 0 aliphatic carbocycles. The van der Waals surface area contributed by atoms with Crippen molar-refractivity contribution >= 4 is 22.6 Å². The van der Waals surface area contributed by atoms with Gasteiger partial charge in [0.1, 0.15) is 17.3 Å². The van der Waals surface area contributed by atoms with Gasteiger partial charge in [-0.3, -0.25) is 4.79 Å². The number of benzene rings is 3. The van der Waals surface area contributed by atoms with Gasteiger partial charge in [-0.2, -0.15) is 0 Å². The molecule has 0 unspecified atom stereocenters. The fourth-order valence-corrected chi connectivity index (χ4v) is 3.56. The SMILES string of the molecule is COc1ccc(CN(Cc2cc3ccc(OC)cc3[nH]c2=O)C(=O)Nc2ccc(F)cc2)cc1. The number of nitrogens with zero attached hydrogens (tertiary/aromatic N) is 1. The number of nitrogens with one attached hydrogen (secondary N) is 2. The first-order valence-electron chi connectivity index (χ1n) is 10.6. The lowest BCUT2D eigenvalue weighted by molar-refractivity contribution is 0.206. The minimum atomic E-state index is -0.420. The average molecular weight is 461 g/mol. The molecule has 2 N–H and O–H groups in total. The van der Waals surface area contributed by atoms with Crippen LogP contribution in [-0.4, -0.2) is 30.1 Å². The Kier molecular flexibility index (Phi) is 6.77. The number of aromatic nitrogens is 1. The van der Waals surface area contributed by atoms with Crippen molar-refractivity contribution in [3.8, 4) is 11.5 Å². The van der Waals surface area contributed by atoms with E-state index in [4.69, 9.17) is 9.47 Å². The highest BCUT2D eigenvalue weighted by atomic mass is 19.1. The van der Waals surface area contributed by atoms with Crippen LogP contribution < -0.4 is 20.3 Å². The molecule has 0 bridgehead atoms. The van der Waals surface area contributed by atoms with E-state index in [2.05, 4.69) is 10.3 Å². The number of urea groups is 1. The quantitative estimate of drug-likeness (QED) is 0.409. The summed E-state index contributed by atoms with van der Waals surface area (Å²) < 4.78 is 23.7. The number of carbonyl (C=O) groups is 1. The van der Waals surface area contributed by atoms with Crippen molar-refractivity contribution in [2.75, 3.05) is 19.5 Å². The summed E-state index contributed by atoms with van der Waals surface area (Å²) in [6.07, 6.45) is 0. The summed E-state index contributed by atoms with van der Waals surface area (Å²) in [5, 5.41) is 3.59. The van der Waals surface area contributed by atoms with E-state index in [9.17, 15) is 14.0 Å². The Labute approximate surface area is 195 Å². The normalized spacial score (nSPS) is 10.7. The molecule has 7 nitrogen and oxygen atoms in total. The predicted molar refractivity (Wildman–Crippen MR) is 129 cm³/mol. The monoisotopic (exact) mass is 461 g/mol. The number of aromatic amines is 1. The Hall–Kier alpha value is -4.33. The van der Waals surface area contributed by atoms with Crippen LogP contribution in [0.1, 0.15) is 11.1 Å². The van der Waals surface area contributed by atoms with E-state index in [-0.39, 0.29) is 18.6 Å². The van der Waals surface area contributed by atoms with E-state index in [0.29, 0.717) is 28.3 Å². The maximum absolute atomic E-state index is 13.3. The van der Waals surface area contributed by atoms with E-state index in [1.807, 2.05) is 30.3 Å². The number of hydrogen-bond acceptors (Lipinski definition) is 4. The summed E-state index contributed by atoms with van der Waals surface area (Å²) in [7, 11) is 3.14. The molecule has 0 atom stereocenters. The van der Waals surface area contributed by atoms with Gasteiger partial charge in [0, 0.05) is 23.9 Å². The molecule has 0 fully saturated rings. The summed E-state index contributed by atoms with van der Waals surface area (Å²) in [5.41, 5.74) is 2.09. The molecular formula is C26H24FN3O4. The van der Waals surface area contributed by atoms with E-state index in [0.717, 1.165) is 10.9 Å². The summed E-state index contributed by atoms with van der Waals surface area (Å²) in [5.74, 6) is 0.940. The molecule has 174 valence electrons. The van der Waals surface area contributed by atoms with Crippen LogP contribution in [0.3, 0.4) is 0 Å². The zero-order valence-corrected chi connectivity index (χ0v) is 18.8. The van der Waals surface area contributed by atoms with Gasteiger partial charge in [0.25, 0.3) is 5.56 Å². The van der Waals surface area contributed by atoms with Crippen molar-refractivity contribution in [1.29, 1.82) is 0 Å². The van der Waals surface area contributed by atoms with Gasteiger partial charge in [-0.15, -0.1) is 0 Å². The zero-order chi connectivity index (χ0) is 24.1. The number of pyridine rings is 1. The smallest absolute Gasteiger partial charge is 0.322 e. The number of ether oxygens (including phenoxy) is 2. The van der Waals surface area contributed by atoms with Gasteiger partial charge in [0.15, 0.2) is 0 Å². The van der Waals surface area contributed by atoms with Gasteiger partial charge >= 0.3 is 6.03 Å². The standard InChI is InChI=1S/C26H24FN3O4/c1-33-22-10-3-17(4-11-22)15-30(26(32)28-21-8-6-20(27)7-9-21)16-19-13-18-5-12-23(34-2)14-24(18)29-25(19)31/h3-14H,15-16H2,1-2H3,(H,28,32)(H,29,31). The minimum Gasteiger partial charge on any atom is -0.497 e. The molecular weight excluding hydrogens is 437 g/mol. The van der Waals surface area contributed by atoms with Crippen LogP contribution in [0, 0.1) is 5.82 Å². The molecule has 1 aromatic heterocycles. The molecule has 0 aliphatic heterocycles. The van der Waals surface area contributed by atoms with Crippen molar-refractivity contribution in [3.63, 3.8) is 0 Å². The summed E-state index contributed by atoms with van der Waals surface area (Å²) in [6, 6.07) is 19.6. The van der Waals surface area contributed by atoms with Crippen LogP contribution in [0.15, 0.2) is 77.6 Å². The molecule has 34 heavy (non-hydrogen) atoms. The largest absolute Gasteiger partial charge is 0.497 e. The summed E-state index contributed by atoms with van der Waals surface area (Å²) >= 11 is 0. The number of methoxy groups -OCH3 is 2. The number of halogens is 1. The number of hydrogen-bond donors (Lipinski definition) is 2. The van der Waals surface area contributed by atoms with Gasteiger partial charge in [0.05, 0.1) is 26.3 Å². The number of rotatable bonds is 7. The molecule has 0 aliphatic rings. The van der Waals surface area contributed by atoms with Crippen LogP contribution in [0.5, 0.6) is 11.5 Å². The Morgan fingerprint density at radius 1 is 0.912 bits per heavy atom. The second kappa shape index (κ2) is 10.1. The fraction of sp³-hybridized carbons (Fsp3) is 0.154. The van der Waals surface area contributed by atoms with Crippen molar-refractivity contribution in [2.45, 2.75) is 13.1 Å². The first kappa shape index (κ1) is 22.8. The van der Waals surface area contributed by atoms with Crippen molar-refractivity contribution in [1.82, 2.24) is 9.88 Å². The van der Waals surface area contributed by atoms with Gasteiger partial charge in [-0.1, -0.05) is 12.1 Å². The molecule has 4 rings (SSSR count). The third-order valence-corrected chi connectivity index (χ3v) is 5.41. The highest BCUT2D eigenvalue weighted by molar-refractivity contribution is 5.89. The van der Waals surface area contributed by atoms with Gasteiger partial charge < -0.3 is 24.7 Å². The van der Waals surface area contributed by atoms with Gasteiger partial charge in [-0.05, 0) is 65.5 Å².